The summed E-state index contributed by atoms with van der Waals surface area (Å²) in [7, 11) is 3.50. The fourth-order valence-corrected chi connectivity index (χ4v) is 2.97. The van der Waals surface area contributed by atoms with Gasteiger partial charge in [-0.15, -0.1) is 0 Å². The van der Waals surface area contributed by atoms with Gasteiger partial charge in [0.25, 0.3) is 0 Å². The molecule has 12 heteroatoms. The fraction of sp³-hybridized carbons (Fsp3) is 0.389. The molecule has 1 saturated heterocycles. The zero-order chi connectivity index (χ0) is 21.3. The molecule has 30 heavy (non-hydrogen) atoms. The molecule has 4 rings (SSSR count). The smallest absolute Gasteiger partial charge is 0.235 e. The van der Waals surface area contributed by atoms with Crippen LogP contribution in [0.4, 0.5) is 32.4 Å². The van der Waals surface area contributed by atoms with E-state index in [1.165, 1.54) is 0 Å². The van der Waals surface area contributed by atoms with Crippen LogP contribution in [0.1, 0.15) is 18.7 Å². The lowest BCUT2D eigenvalue weighted by atomic mass is 10.2. The van der Waals surface area contributed by atoms with Crippen LogP contribution in [0.5, 0.6) is 0 Å². The van der Waals surface area contributed by atoms with Crippen molar-refractivity contribution in [3.05, 3.63) is 42.1 Å². The Labute approximate surface area is 171 Å². The molecule has 3 aromatic heterocycles. The van der Waals surface area contributed by atoms with E-state index in [-0.39, 0.29) is 23.7 Å². The lowest BCUT2D eigenvalue weighted by molar-refractivity contribution is 0.0778. The Balaban J connectivity index is 1.59. The van der Waals surface area contributed by atoms with Crippen LogP contribution in [0.3, 0.4) is 0 Å². The van der Waals surface area contributed by atoms with Gasteiger partial charge in [-0.25, -0.2) is 13.8 Å². The van der Waals surface area contributed by atoms with Crippen LogP contribution >= 0.6 is 0 Å². The third kappa shape index (κ3) is 4.27. The van der Waals surface area contributed by atoms with Gasteiger partial charge in [-0.05, 0) is 6.92 Å². The number of rotatable bonds is 7. The van der Waals surface area contributed by atoms with Gasteiger partial charge in [-0.2, -0.15) is 15.0 Å². The molecule has 0 bridgehead atoms. The topological polar surface area (TPSA) is 106 Å². The van der Waals surface area contributed by atoms with Crippen molar-refractivity contribution in [1.29, 1.82) is 0 Å². The number of nitrogens with zero attached hydrogens (tertiary/aromatic N) is 7. The van der Waals surface area contributed by atoms with Gasteiger partial charge >= 0.3 is 0 Å². The maximum atomic E-state index is 14.1. The highest BCUT2D eigenvalue weighted by molar-refractivity contribution is 5.52. The van der Waals surface area contributed by atoms with Crippen molar-refractivity contribution in [2.75, 3.05) is 35.7 Å². The van der Waals surface area contributed by atoms with Gasteiger partial charge in [0.05, 0.1) is 30.4 Å². The summed E-state index contributed by atoms with van der Waals surface area (Å²) in [6, 6.07) is 0.185. The van der Waals surface area contributed by atoms with Crippen molar-refractivity contribution in [3.63, 3.8) is 0 Å². The Morgan fingerprint density at radius 3 is 2.60 bits per heavy atom. The second-order valence-electron chi connectivity index (χ2n) is 6.98. The molecule has 0 aliphatic carbocycles. The molecule has 0 amide bonds. The largest absolute Gasteiger partial charge is 0.378 e. The summed E-state index contributed by atoms with van der Waals surface area (Å²) in [5.74, 6) is 0.0244. The van der Waals surface area contributed by atoms with E-state index in [1.807, 2.05) is 11.9 Å². The number of hydrogen-bond acceptors (Lipinski definition) is 9. The summed E-state index contributed by atoms with van der Waals surface area (Å²) in [6.07, 6.45) is 4.50. The van der Waals surface area contributed by atoms with E-state index >= 15 is 0 Å². The molecule has 0 saturated carbocycles. The monoisotopic (exact) mass is 417 g/mol. The Morgan fingerprint density at radius 2 is 1.93 bits per heavy atom. The van der Waals surface area contributed by atoms with Gasteiger partial charge in [-0.3, -0.25) is 4.98 Å². The minimum atomic E-state index is -0.748. The zero-order valence-corrected chi connectivity index (χ0v) is 16.7. The van der Waals surface area contributed by atoms with Crippen molar-refractivity contribution >= 4 is 23.7 Å². The van der Waals surface area contributed by atoms with Crippen LogP contribution in [0.15, 0.2) is 24.8 Å². The Hall–Kier alpha value is -3.41. The van der Waals surface area contributed by atoms with E-state index in [1.54, 1.807) is 31.1 Å². The fourth-order valence-electron chi connectivity index (χ4n) is 2.97. The second-order valence-corrected chi connectivity index (χ2v) is 6.98. The maximum absolute atomic E-state index is 14.1. The van der Waals surface area contributed by atoms with Crippen molar-refractivity contribution < 1.29 is 13.5 Å². The summed E-state index contributed by atoms with van der Waals surface area (Å²) in [6.45, 7) is 2.97. The predicted octanol–water partition coefficient (Wildman–Crippen LogP) is 2.03. The molecule has 4 heterocycles. The van der Waals surface area contributed by atoms with Crippen LogP contribution in [0.2, 0.25) is 0 Å². The summed E-state index contributed by atoms with van der Waals surface area (Å²) < 4.78 is 34.3. The minimum absolute atomic E-state index is 0.0565. The number of aromatic nitrogens is 6. The van der Waals surface area contributed by atoms with Gasteiger partial charge in [0.1, 0.15) is 11.6 Å². The Kier molecular flexibility index (Phi) is 5.40. The lowest BCUT2D eigenvalue weighted by Crippen LogP contribution is -2.52. The molecule has 0 radical (unpaired) electrons. The van der Waals surface area contributed by atoms with Gasteiger partial charge in [0.15, 0.2) is 5.82 Å². The first-order valence-corrected chi connectivity index (χ1v) is 9.27. The molecular weight excluding hydrogens is 396 g/mol. The number of imidazole rings is 1. The molecule has 0 spiro atoms. The molecule has 1 aliphatic heterocycles. The van der Waals surface area contributed by atoms with Crippen molar-refractivity contribution in [2.24, 2.45) is 7.05 Å². The van der Waals surface area contributed by atoms with E-state index in [0.29, 0.717) is 24.9 Å². The van der Waals surface area contributed by atoms with Crippen molar-refractivity contribution in [3.8, 4) is 0 Å². The number of hydrogen-bond donors (Lipinski definition) is 2. The third-order valence-corrected chi connectivity index (χ3v) is 4.62. The van der Waals surface area contributed by atoms with Crippen LogP contribution in [0.25, 0.3) is 0 Å². The summed E-state index contributed by atoms with van der Waals surface area (Å²) in [5, 5.41) is 6.04. The van der Waals surface area contributed by atoms with Gasteiger partial charge in [-0.1, -0.05) is 0 Å². The molecule has 1 aliphatic rings. The molecule has 2 N–H and O–H groups in total. The number of pyridine rings is 1. The molecule has 1 atom stereocenters. The number of ether oxygens (including phenoxy) is 1. The van der Waals surface area contributed by atoms with E-state index < -0.39 is 17.7 Å². The maximum Gasteiger partial charge on any atom is 0.235 e. The van der Waals surface area contributed by atoms with E-state index in [2.05, 4.69) is 35.6 Å². The van der Waals surface area contributed by atoms with Crippen LogP contribution in [-0.4, -0.2) is 55.8 Å². The first-order chi connectivity index (χ1) is 14.4. The van der Waals surface area contributed by atoms with E-state index in [0.717, 1.165) is 12.3 Å². The van der Waals surface area contributed by atoms with Crippen LogP contribution in [-0.2, 0) is 11.8 Å². The van der Waals surface area contributed by atoms with E-state index in [4.69, 9.17) is 4.74 Å². The van der Waals surface area contributed by atoms with E-state index in [9.17, 15) is 8.78 Å². The van der Waals surface area contributed by atoms with Crippen LogP contribution < -0.4 is 15.5 Å². The van der Waals surface area contributed by atoms with Crippen molar-refractivity contribution in [1.82, 2.24) is 29.5 Å². The number of aryl methyl sites for hydroxylation is 1. The molecular formula is C18H21F2N9O. The standard InChI is InChI=1S/C18H21F2N9O/c1-10(15-13(20)4-11(19)5-21-15)23-16-25-17(24-14-8-28(2)9-22-14)27-18(26-16)29-6-12(7-29)30-3/h4-5,8-10,12H,6-7H2,1-3H3,(H2,23,24,25,26,27)/t10-/m0/s1. The molecule has 158 valence electrons. The summed E-state index contributed by atoms with van der Waals surface area (Å²) in [4.78, 5) is 23.2. The Morgan fingerprint density at radius 1 is 1.17 bits per heavy atom. The molecule has 3 aromatic rings. The number of halogens is 2. The highest BCUT2D eigenvalue weighted by Crippen LogP contribution is 2.24. The quantitative estimate of drug-likeness (QED) is 0.597. The number of nitrogens with one attached hydrogen (secondary N) is 2. The zero-order valence-electron chi connectivity index (χ0n) is 16.7. The van der Waals surface area contributed by atoms with Gasteiger partial charge in [0.2, 0.25) is 17.8 Å². The predicted molar refractivity (Wildman–Crippen MR) is 106 cm³/mol. The number of anilines is 4. The minimum Gasteiger partial charge on any atom is -0.378 e. The van der Waals surface area contributed by atoms with Crippen LogP contribution in [0, 0.1) is 11.6 Å². The highest BCUT2D eigenvalue weighted by Gasteiger charge is 2.29. The molecule has 0 aromatic carbocycles. The average molecular weight is 417 g/mol. The average Bonchev–Trinajstić information content (AvgIpc) is 3.05. The first kappa shape index (κ1) is 19.9. The summed E-state index contributed by atoms with van der Waals surface area (Å²) >= 11 is 0. The normalized spacial score (nSPS) is 15.0. The van der Waals surface area contributed by atoms with Gasteiger partial charge in [0, 0.05) is 39.5 Å². The molecule has 1 fully saturated rings. The SMILES string of the molecule is COC1CN(c2nc(Nc3cn(C)cn3)nc(N[C@@H](C)c3ncc(F)cc3F)n2)C1. The first-order valence-electron chi connectivity index (χ1n) is 9.27. The van der Waals surface area contributed by atoms with Crippen molar-refractivity contribution in [2.45, 2.75) is 19.1 Å². The summed E-state index contributed by atoms with van der Waals surface area (Å²) in [5.41, 5.74) is 0.0565. The highest BCUT2D eigenvalue weighted by atomic mass is 19.1. The molecule has 0 unspecified atom stereocenters. The molecule has 10 nitrogen and oxygen atoms in total. The third-order valence-electron chi connectivity index (χ3n) is 4.62. The number of methoxy groups -OCH3 is 1. The van der Waals surface area contributed by atoms with Gasteiger partial charge < -0.3 is 24.8 Å². The second kappa shape index (κ2) is 8.14. The lowest BCUT2D eigenvalue weighted by Gasteiger charge is -2.38. The Bertz CT molecular complexity index is 1040.